The summed E-state index contributed by atoms with van der Waals surface area (Å²) >= 11 is 0. The number of nitrogens with zero attached hydrogens (tertiary/aromatic N) is 2. The van der Waals surface area contributed by atoms with Gasteiger partial charge in [0.2, 0.25) is 0 Å². The summed E-state index contributed by atoms with van der Waals surface area (Å²) in [4.78, 5) is 4.19. The van der Waals surface area contributed by atoms with Gasteiger partial charge >= 0.3 is 6.18 Å². The molecule has 0 saturated carbocycles. The SMILES string of the molecule is CC(C)c1nccn1-c1ccc(C(F)(F)F)cc1N. The van der Waals surface area contributed by atoms with Crippen molar-refractivity contribution in [3.63, 3.8) is 0 Å². The van der Waals surface area contributed by atoms with Crippen LogP contribution in [0.15, 0.2) is 30.6 Å². The van der Waals surface area contributed by atoms with Gasteiger partial charge in [0.25, 0.3) is 0 Å². The van der Waals surface area contributed by atoms with E-state index in [-0.39, 0.29) is 11.6 Å². The molecule has 0 aliphatic carbocycles. The Bertz CT molecular complexity index is 585. The number of aromatic nitrogens is 2. The van der Waals surface area contributed by atoms with Gasteiger partial charge in [-0.1, -0.05) is 13.8 Å². The second-order valence-corrected chi connectivity index (χ2v) is 4.58. The molecule has 1 aromatic carbocycles. The lowest BCUT2D eigenvalue weighted by Gasteiger charge is -2.14. The first-order chi connectivity index (χ1) is 8.80. The van der Waals surface area contributed by atoms with Gasteiger partial charge in [0.15, 0.2) is 0 Å². The van der Waals surface area contributed by atoms with Gasteiger partial charge in [0.1, 0.15) is 5.82 Å². The Morgan fingerprint density at radius 1 is 1.26 bits per heavy atom. The molecule has 6 heteroatoms. The van der Waals surface area contributed by atoms with E-state index >= 15 is 0 Å². The minimum atomic E-state index is -4.39. The first-order valence-corrected chi connectivity index (χ1v) is 5.81. The van der Waals surface area contributed by atoms with Crippen molar-refractivity contribution >= 4 is 5.69 Å². The Morgan fingerprint density at radius 2 is 1.95 bits per heavy atom. The topological polar surface area (TPSA) is 43.8 Å². The van der Waals surface area contributed by atoms with Crippen molar-refractivity contribution in [3.05, 3.63) is 42.0 Å². The number of nitrogens with two attached hydrogens (primary N) is 1. The molecule has 0 atom stereocenters. The highest BCUT2D eigenvalue weighted by Crippen LogP contribution is 2.32. The summed E-state index contributed by atoms with van der Waals surface area (Å²) in [6.45, 7) is 3.91. The number of alkyl halides is 3. The molecule has 19 heavy (non-hydrogen) atoms. The molecular formula is C13H14F3N3. The van der Waals surface area contributed by atoms with Gasteiger partial charge in [0.05, 0.1) is 16.9 Å². The van der Waals surface area contributed by atoms with Crippen molar-refractivity contribution in [1.29, 1.82) is 0 Å². The Balaban J connectivity index is 2.50. The highest BCUT2D eigenvalue weighted by molar-refractivity contribution is 5.60. The van der Waals surface area contributed by atoms with Gasteiger partial charge in [-0.05, 0) is 18.2 Å². The third kappa shape index (κ3) is 2.57. The largest absolute Gasteiger partial charge is 0.416 e. The summed E-state index contributed by atoms with van der Waals surface area (Å²) < 4.78 is 39.4. The van der Waals surface area contributed by atoms with Gasteiger partial charge in [0, 0.05) is 18.3 Å². The molecule has 1 heterocycles. The van der Waals surface area contributed by atoms with Crippen LogP contribution in [0.5, 0.6) is 0 Å². The zero-order chi connectivity index (χ0) is 14.2. The molecule has 102 valence electrons. The molecule has 2 aromatic rings. The minimum Gasteiger partial charge on any atom is -0.397 e. The van der Waals surface area contributed by atoms with Crippen LogP contribution in [-0.4, -0.2) is 9.55 Å². The van der Waals surface area contributed by atoms with Crippen LogP contribution in [0.2, 0.25) is 0 Å². The fraction of sp³-hybridized carbons (Fsp3) is 0.308. The number of rotatable bonds is 2. The molecule has 1 aromatic heterocycles. The van der Waals surface area contributed by atoms with Crippen molar-refractivity contribution in [2.45, 2.75) is 25.9 Å². The van der Waals surface area contributed by atoms with Gasteiger partial charge < -0.3 is 10.3 Å². The molecular weight excluding hydrogens is 255 g/mol. The van der Waals surface area contributed by atoms with E-state index in [0.717, 1.165) is 18.0 Å². The molecule has 0 unspecified atom stereocenters. The predicted molar refractivity (Wildman–Crippen MR) is 67.1 cm³/mol. The molecule has 2 N–H and O–H groups in total. The van der Waals surface area contributed by atoms with E-state index in [4.69, 9.17) is 5.73 Å². The van der Waals surface area contributed by atoms with Gasteiger partial charge in [-0.15, -0.1) is 0 Å². The van der Waals surface area contributed by atoms with Crippen LogP contribution in [0, 0.1) is 0 Å². The number of hydrogen-bond acceptors (Lipinski definition) is 2. The molecule has 0 bridgehead atoms. The van der Waals surface area contributed by atoms with Gasteiger partial charge in [-0.2, -0.15) is 13.2 Å². The zero-order valence-electron chi connectivity index (χ0n) is 10.6. The molecule has 3 nitrogen and oxygen atoms in total. The predicted octanol–water partition coefficient (Wildman–Crippen LogP) is 3.60. The number of nitrogen functional groups attached to an aromatic ring is 1. The third-order valence-electron chi connectivity index (χ3n) is 2.80. The second kappa shape index (κ2) is 4.60. The molecule has 0 aliphatic heterocycles. The van der Waals surface area contributed by atoms with Crippen LogP contribution in [0.1, 0.15) is 31.2 Å². The first kappa shape index (κ1) is 13.5. The van der Waals surface area contributed by atoms with Crippen LogP contribution in [0.3, 0.4) is 0 Å². The van der Waals surface area contributed by atoms with Crippen molar-refractivity contribution < 1.29 is 13.2 Å². The number of hydrogen-bond donors (Lipinski definition) is 1. The van der Waals surface area contributed by atoms with E-state index in [1.54, 1.807) is 17.0 Å². The molecule has 0 aliphatic rings. The average Bonchev–Trinajstić information content (AvgIpc) is 2.76. The molecule has 0 spiro atoms. The van der Waals surface area contributed by atoms with Crippen LogP contribution >= 0.6 is 0 Å². The monoisotopic (exact) mass is 269 g/mol. The Labute approximate surface area is 108 Å². The average molecular weight is 269 g/mol. The molecule has 0 radical (unpaired) electrons. The highest BCUT2D eigenvalue weighted by Gasteiger charge is 2.31. The van der Waals surface area contributed by atoms with E-state index in [9.17, 15) is 13.2 Å². The van der Waals surface area contributed by atoms with Crippen LogP contribution in [-0.2, 0) is 6.18 Å². The first-order valence-electron chi connectivity index (χ1n) is 5.81. The maximum Gasteiger partial charge on any atom is 0.416 e. The molecule has 0 amide bonds. The standard InChI is InChI=1S/C13H14F3N3/c1-8(2)12-18-5-6-19(12)11-4-3-9(7-10(11)17)13(14,15)16/h3-8H,17H2,1-2H3. The van der Waals surface area contributed by atoms with Crippen LogP contribution in [0.4, 0.5) is 18.9 Å². The van der Waals surface area contributed by atoms with E-state index in [2.05, 4.69) is 4.98 Å². The fourth-order valence-corrected chi connectivity index (χ4v) is 1.90. The fourth-order valence-electron chi connectivity index (χ4n) is 1.90. The van der Waals surface area contributed by atoms with Crippen molar-refractivity contribution in [1.82, 2.24) is 9.55 Å². The maximum absolute atomic E-state index is 12.6. The summed E-state index contributed by atoms with van der Waals surface area (Å²) in [6, 6.07) is 3.33. The van der Waals surface area contributed by atoms with Crippen LogP contribution in [0.25, 0.3) is 5.69 Å². The van der Waals surface area contributed by atoms with E-state index in [1.807, 2.05) is 13.8 Å². The smallest absolute Gasteiger partial charge is 0.397 e. The van der Waals surface area contributed by atoms with Crippen molar-refractivity contribution in [3.8, 4) is 5.69 Å². The molecule has 0 fully saturated rings. The van der Waals surface area contributed by atoms with Crippen molar-refractivity contribution in [2.24, 2.45) is 0 Å². The zero-order valence-corrected chi connectivity index (χ0v) is 10.6. The van der Waals surface area contributed by atoms with Gasteiger partial charge in [-0.3, -0.25) is 0 Å². The Kier molecular flexibility index (Phi) is 3.26. The lowest BCUT2D eigenvalue weighted by atomic mass is 10.1. The summed E-state index contributed by atoms with van der Waals surface area (Å²) in [5.74, 6) is 0.906. The second-order valence-electron chi connectivity index (χ2n) is 4.58. The molecule has 2 rings (SSSR count). The summed E-state index contributed by atoms with van der Waals surface area (Å²) in [6.07, 6.45) is -1.09. The summed E-state index contributed by atoms with van der Waals surface area (Å²) in [5.41, 5.74) is 5.57. The Morgan fingerprint density at radius 3 is 2.47 bits per heavy atom. The number of anilines is 1. The normalized spacial score (nSPS) is 12.1. The van der Waals surface area contributed by atoms with Crippen LogP contribution < -0.4 is 5.73 Å². The van der Waals surface area contributed by atoms with E-state index < -0.39 is 11.7 Å². The van der Waals surface area contributed by atoms with E-state index in [1.165, 1.54) is 6.07 Å². The Hall–Kier alpha value is -1.98. The third-order valence-corrected chi connectivity index (χ3v) is 2.80. The molecule has 0 saturated heterocycles. The number of benzene rings is 1. The minimum absolute atomic E-state index is 0.0784. The maximum atomic E-state index is 12.6. The summed E-state index contributed by atoms with van der Waals surface area (Å²) in [5, 5.41) is 0. The number of halogens is 3. The highest BCUT2D eigenvalue weighted by atomic mass is 19.4. The van der Waals surface area contributed by atoms with Gasteiger partial charge in [-0.25, -0.2) is 4.98 Å². The quantitative estimate of drug-likeness (QED) is 0.846. The lowest BCUT2D eigenvalue weighted by molar-refractivity contribution is -0.137. The lowest BCUT2D eigenvalue weighted by Crippen LogP contribution is -2.09. The van der Waals surface area contributed by atoms with Crippen molar-refractivity contribution in [2.75, 3.05) is 5.73 Å². The summed E-state index contributed by atoms with van der Waals surface area (Å²) in [7, 11) is 0. The van der Waals surface area contributed by atoms with E-state index in [0.29, 0.717) is 5.69 Å². The number of imidazole rings is 1.